The third-order valence-corrected chi connectivity index (χ3v) is 5.92. The second-order valence-electron chi connectivity index (χ2n) is 8.29. The Bertz CT molecular complexity index is 1170. The molecule has 4 heterocycles. The lowest BCUT2D eigenvalue weighted by Crippen LogP contribution is -2.49. The van der Waals surface area contributed by atoms with Gasteiger partial charge >= 0.3 is 0 Å². The highest BCUT2D eigenvalue weighted by atomic mass is 16.6. The molecule has 1 aromatic carbocycles. The van der Waals surface area contributed by atoms with Crippen molar-refractivity contribution >= 4 is 17.6 Å². The highest BCUT2D eigenvalue weighted by Crippen LogP contribution is 2.30. The Morgan fingerprint density at radius 2 is 1.82 bits per heavy atom. The molecule has 2 aliphatic rings. The van der Waals surface area contributed by atoms with Crippen LogP contribution in [0.1, 0.15) is 26.6 Å². The summed E-state index contributed by atoms with van der Waals surface area (Å²) in [6.45, 7) is 4.74. The minimum atomic E-state index is -0.281. The Balaban J connectivity index is 1.22. The van der Waals surface area contributed by atoms with Crippen molar-refractivity contribution in [3.8, 4) is 11.5 Å². The van der Waals surface area contributed by atoms with Crippen molar-refractivity contribution in [3.63, 3.8) is 0 Å². The summed E-state index contributed by atoms with van der Waals surface area (Å²) in [5.74, 6) is 1.98. The summed E-state index contributed by atoms with van der Waals surface area (Å²) in [4.78, 5) is 34.1. The van der Waals surface area contributed by atoms with Gasteiger partial charge in [0.05, 0.1) is 18.4 Å². The Morgan fingerprint density at radius 3 is 2.59 bits per heavy atom. The average Bonchev–Trinajstić information content (AvgIpc) is 3.42. The van der Waals surface area contributed by atoms with E-state index in [9.17, 15) is 9.59 Å². The molecule has 1 fully saturated rings. The van der Waals surface area contributed by atoms with E-state index in [2.05, 4.69) is 10.3 Å². The fraction of sp³-hybridized carbons (Fsp3) is 0.320. The van der Waals surface area contributed by atoms with Gasteiger partial charge in [-0.15, -0.1) is 0 Å². The normalized spacial score (nSPS) is 17.4. The van der Waals surface area contributed by atoms with Crippen LogP contribution in [0.25, 0.3) is 0 Å². The van der Waals surface area contributed by atoms with E-state index in [1.165, 1.54) is 6.26 Å². The van der Waals surface area contributed by atoms with Gasteiger partial charge in [-0.2, -0.15) is 0 Å². The molecule has 2 aliphatic heterocycles. The Hall–Kier alpha value is -4.01. The van der Waals surface area contributed by atoms with E-state index >= 15 is 0 Å². The number of benzene rings is 1. The second kappa shape index (κ2) is 9.46. The maximum atomic E-state index is 13.1. The molecule has 0 bridgehead atoms. The second-order valence-corrected chi connectivity index (χ2v) is 8.29. The van der Waals surface area contributed by atoms with Crippen LogP contribution in [0, 0.1) is 6.92 Å². The topological polar surface area (TPSA) is 97.1 Å². The van der Waals surface area contributed by atoms with Crippen molar-refractivity contribution in [3.05, 3.63) is 71.8 Å². The predicted molar refractivity (Wildman–Crippen MR) is 124 cm³/mol. The SMILES string of the molecule is Cc1ccc(C(=O)NCC2COc3ccccc3O2)c(N2CCN(C(=O)c3ccco3)CC2)n1. The summed E-state index contributed by atoms with van der Waals surface area (Å²) in [6, 6.07) is 14.5. The fourth-order valence-corrected chi connectivity index (χ4v) is 4.10. The van der Waals surface area contributed by atoms with Crippen LogP contribution in [0.2, 0.25) is 0 Å². The monoisotopic (exact) mass is 462 g/mol. The molecule has 0 radical (unpaired) electrons. The molecule has 2 amide bonds. The zero-order valence-corrected chi connectivity index (χ0v) is 18.9. The highest BCUT2D eigenvalue weighted by molar-refractivity contribution is 5.99. The minimum absolute atomic E-state index is 0.129. The molecule has 1 unspecified atom stereocenters. The van der Waals surface area contributed by atoms with Crippen LogP contribution < -0.4 is 19.7 Å². The summed E-state index contributed by atoms with van der Waals surface area (Å²) in [7, 11) is 0. The van der Waals surface area contributed by atoms with E-state index in [-0.39, 0.29) is 17.9 Å². The van der Waals surface area contributed by atoms with Gasteiger partial charge in [-0.1, -0.05) is 12.1 Å². The standard InChI is InChI=1S/C25H26N4O5/c1-17-8-9-19(24(30)26-15-18-16-33-20-5-2-3-6-21(20)34-18)23(27-17)28-10-12-29(13-11-28)25(31)22-7-4-14-32-22/h2-9,14,18H,10-13,15-16H2,1H3,(H,26,30). The van der Waals surface area contributed by atoms with Gasteiger partial charge in [0, 0.05) is 31.9 Å². The number of nitrogens with one attached hydrogen (secondary N) is 1. The smallest absolute Gasteiger partial charge is 0.289 e. The number of ether oxygens (including phenoxy) is 2. The van der Waals surface area contributed by atoms with Crippen LogP contribution in [-0.2, 0) is 0 Å². The lowest BCUT2D eigenvalue weighted by Gasteiger charge is -2.35. The number of amides is 2. The zero-order valence-electron chi connectivity index (χ0n) is 18.9. The number of hydrogen-bond donors (Lipinski definition) is 1. The Morgan fingerprint density at radius 1 is 1.03 bits per heavy atom. The van der Waals surface area contributed by atoms with Crippen molar-refractivity contribution in [1.29, 1.82) is 0 Å². The Labute approximate surface area is 197 Å². The van der Waals surface area contributed by atoms with Gasteiger partial charge in [-0.25, -0.2) is 4.98 Å². The number of piperazine rings is 1. The minimum Gasteiger partial charge on any atom is -0.486 e. The third kappa shape index (κ3) is 4.54. The van der Waals surface area contributed by atoms with Crippen molar-refractivity contribution in [2.24, 2.45) is 0 Å². The molecule has 0 aliphatic carbocycles. The fourth-order valence-electron chi connectivity index (χ4n) is 4.10. The number of nitrogens with zero attached hydrogens (tertiary/aromatic N) is 3. The van der Waals surface area contributed by atoms with Crippen LogP contribution >= 0.6 is 0 Å². The van der Waals surface area contributed by atoms with Gasteiger partial charge in [0.15, 0.2) is 17.3 Å². The number of para-hydroxylation sites is 2. The number of fused-ring (bicyclic) bond motifs is 1. The molecular formula is C25H26N4O5. The van der Waals surface area contributed by atoms with Crippen molar-refractivity contribution in [1.82, 2.24) is 15.2 Å². The predicted octanol–water partition coefficient (Wildman–Crippen LogP) is 2.52. The van der Waals surface area contributed by atoms with E-state index in [0.29, 0.717) is 68.0 Å². The molecule has 1 atom stereocenters. The Kier molecular flexibility index (Phi) is 6.07. The average molecular weight is 463 g/mol. The number of hydrogen-bond acceptors (Lipinski definition) is 7. The third-order valence-electron chi connectivity index (χ3n) is 5.92. The number of aryl methyl sites for hydroxylation is 1. The number of carbonyl (C=O) groups is 2. The number of rotatable bonds is 5. The van der Waals surface area contributed by atoms with Gasteiger partial charge < -0.3 is 29.0 Å². The summed E-state index contributed by atoms with van der Waals surface area (Å²) in [6.07, 6.45) is 1.21. The molecule has 0 saturated carbocycles. The number of anilines is 1. The first-order valence-corrected chi connectivity index (χ1v) is 11.3. The van der Waals surface area contributed by atoms with Crippen LogP contribution in [0.3, 0.4) is 0 Å². The molecule has 1 N–H and O–H groups in total. The number of pyridine rings is 1. The number of aromatic nitrogens is 1. The van der Waals surface area contributed by atoms with Crippen molar-refractivity contribution < 1.29 is 23.5 Å². The van der Waals surface area contributed by atoms with Gasteiger partial charge in [0.2, 0.25) is 0 Å². The van der Waals surface area contributed by atoms with E-state index in [4.69, 9.17) is 13.9 Å². The largest absolute Gasteiger partial charge is 0.486 e. The highest BCUT2D eigenvalue weighted by Gasteiger charge is 2.27. The number of carbonyl (C=O) groups excluding carboxylic acids is 2. The first kappa shape index (κ1) is 21.8. The first-order valence-electron chi connectivity index (χ1n) is 11.3. The summed E-state index contributed by atoms with van der Waals surface area (Å²) in [5, 5.41) is 2.96. The maximum absolute atomic E-state index is 13.1. The molecule has 1 saturated heterocycles. The van der Waals surface area contributed by atoms with Crippen LogP contribution in [-0.4, -0.2) is 67.1 Å². The molecular weight excluding hydrogens is 436 g/mol. The van der Waals surface area contributed by atoms with Gasteiger partial charge in [0.1, 0.15) is 18.5 Å². The summed E-state index contributed by atoms with van der Waals surface area (Å²) >= 11 is 0. The molecule has 2 aromatic heterocycles. The molecule has 34 heavy (non-hydrogen) atoms. The first-order chi connectivity index (χ1) is 16.6. The maximum Gasteiger partial charge on any atom is 0.289 e. The lowest BCUT2D eigenvalue weighted by atomic mass is 10.1. The zero-order chi connectivity index (χ0) is 23.5. The van der Waals surface area contributed by atoms with Crippen LogP contribution in [0.5, 0.6) is 11.5 Å². The molecule has 9 heteroatoms. The molecule has 9 nitrogen and oxygen atoms in total. The van der Waals surface area contributed by atoms with E-state index in [0.717, 1.165) is 5.69 Å². The molecule has 3 aromatic rings. The van der Waals surface area contributed by atoms with E-state index in [1.807, 2.05) is 42.2 Å². The molecule has 176 valence electrons. The van der Waals surface area contributed by atoms with Gasteiger partial charge in [-0.05, 0) is 43.3 Å². The van der Waals surface area contributed by atoms with Crippen LogP contribution in [0.15, 0.2) is 59.2 Å². The quantitative estimate of drug-likeness (QED) is 0.622. The van der Waals surface area contributed by atoms with Crippen molar-refractivity contribution in [2.75, 3.05) is 44.2 Å². The molecule has 0 spiro atoms. The van der Waals surface area contributed by atoms with E-state index < -0.39 is 0 Å². The van der Waals surface area contributed by atoms with Gasteiger partial charge in [-0.3, -0.25) is 9.59 Å². The van der Waals surface area contributed by atoms with E-state index in [1.54, 1.807) is 23.1 Å². The van der Waals surface area contributed by atoms with Crippen LogP contribution in [0.4, 0.5) is 5.82 Å². The summed E-state index contributed by atoms with van der Waals surface area (Å²) in [5.41, 5.74) is 1.31. The lowest BCUT2D eigenvalue weighted by molar-refractivity contribution is 0.0713. The van der Waals surface area contributed by atoms with Gasteiger partial charge in [0.25, 0.3) is 11.8 Å². The van der Waals surface area contributed by atoms with Crippen molar-refractivity contribution in [2.45, 2.75) is 13.0 Å². The molecule has 5 rings (SSSR count). The summed E-state index contributed by atoms with van der Waals surface area (Å²) < 4.78 is 16.9. The number of furan rings is 1.